The molecular weight excluding hydrogens is 420 g/mol. The zero-order valence-electron chi connectivity index (χ0n) is 20.0. The van der Waals surface area contributed by atoms with Gasteiger partial charge in [0.2, 0.25) is 11.8 Å². The molecule has 1 heterocycles. The van der Waals surface area contributed by atoms with Crippen LogP contribution in [0.1, 0.15) is 36.0 Å². The maximum Gasteiger partial charge on any atom is 0.233 e. The average Bonchev–Trinajstić information content (AvgIpc) is 2.91. The topological polar surface area (TPSA) is 40.6 Å². The van der Waals surface area contributed by atoms with Gasteiger partial charge in [-0.3, -0.25) is 9.59 Å². The number of aryl methyl sites for hydroxylation is 1. The maximum atomic E-state index is 13.9. The summed E-state index contributed by atoms with van der Waals surface area (Å²) in [7, 11) is 1.91. The summed E-state index contributed by atoms with van der Waals surface area (Å²) in [6.07, 6.45) is 3.40. The van der Waals surface area contributed by atoms with Crippen molar-refractivity contribution < 1.29 is 9.59 Å². The van der Waals surface area contributed by atoms with E-state index in [0.29, 0.717) is 38.9 Å². The second-order valence-corrected chi connectivity index (χ2v) is 9.28. The van der Waals surface area contributed by atoms with Gasteiger partial charge in [0.1, 0.15) is 0 Å². The number of carbonyl (C=O) groups is 2. The first kappa shape index (κ1) is 23.7. The lowest BCUT2D eigenvalue weighted by atomic mass is 9.71. The summed E-state index contributed by atoms with van der Waals surface area (Å²) in [5.41, 5.74) is 2.89. The molecule has 1 aliphatic heterocycles. The van der Waals surface area contributed by atoms with Gasteiger partial charge in [0.15, 0.2) is 0 Å². The second kappa shape index (κ2) is 11.1. The summed E-state index contributed by atoms with van der Waals surface area (Å²) in [6.45, 7) is 1.90. The van der Waals surface area contributed by atoms with E-state index < -0.39 is 5.41 Å². The normalized spacial score (nSPS) is 15.0. The molecule has 2 amide bonds. The fraction of sp³-hybridized carbons (Fsp3) is 0.333. The van der Waals surface area contributed by atoms with Crippen LogP contribution in [0.15, 0.2) is 91.0 Å². The lowest BCUT2D eigenvalue weighted by molar-refractivity contribution is -0.142. The van der Waals surface area contributed by atoms with Crippen LogP contribution in [0.25, 0.3) is 0 Å². The Hall–Kier alpha value is -3.40. The number of piperidine rings is 1. The van der Waals surface area contributed by atoms with E-state index in [1.54, 1.807) is 0 Å². The lowest BCUT2D eigenvalue weighted by Gasteiger charge is -2.43. The SMILES string of the molecule is CN(CCc1ccccc1)C(=O)C1(c2ccccc2)CCN(C(=O)CCc2ccccc2)CC1. The highest BCUT2D eigenvalue weighted by Crippen LogP contribution is 2.37. The second-order valence-electron chi connectivity index (χ2n) is 9.28. The number of benzene rings is 3. The van der Waals surface area contributed by atoms with Crippen LogP contribution in [0.5, 0.6) is 0 Å². The van der Waals surface area contributed by atoms with Crippen molar-refractivity contribution in [1.29, 1.82) is 0 Å². The highest BCUT2D eigenvalue weighted by Gasteiger charge is 2.44. The van der Waals surface area contributed by atoms with E-state index in [4.69, 9.17) is 0 Å². The van der Waals surface area contributed by atoms with E-state index in [9.17, 15) is 9.59 Å². The van der Waals surface area contributed by atoms with Crippen LogP contribution < -0.4 is 0 Å². The van der Waals surface area contributed by atoms with Crippen LogP contribution in [-0.4, -0.2) is 48.3 Å². The van der Waals surface area contributed by atoms with E-state index in [1.165, 1.54) is 11.1 Å². The standard InChI is InChI=1S/C30H34N2O2/c1-31(22-19-26-13-7-3-8-14-26)29(34)30(27-15-9-4-10-16-27)20-23-32(24-21-30)28(33)18-17-25-11-5-2-6-12-25/h2-16H,17-24H2,1H3. The molecule has 1 saturated heterocycles. The van der Waals surface area contributed by atoms with E-state index >= 15 is 0 Å². The van der Waals surface area contributed by atoms with Crippen molar-refractivity contribution in [3.8, 4) is 0 Å². The number of carbonyl (C=O) groups excluding carboxylic acids is 2. The number of likely N-dealkylation sites (tertiary alicyclic amines) is 1. The third-order valence-electron chi connectivity index (χ3n) is 7.10. The predicted molar refractivity (Wildman–Crippen MR) is 136 cm³/mol. The first-order valence-electron chi connectivity index (χ1n) is 12.3. The summed E-state index contributed by atoms with van der Waals surface area (Å²) < 4.78 is 0. The summed E-state index contributed by atoms with van der Waals surface area (Å²) in [5.74, 6) is 0.335. The Morgan fingerprint density at radius 1 is 0.765 bits per heavy atom. The molecule has 0 radical (unpaired) electrons. The van der Waals surface area contributed by atoms with E-state index in [2.05, 4.69) is 36.4 Å². The zero-order chi connectivity index (χ0) is 23.8. The van der Waals surface area contributed by atoms with Gasteiger partial charge in [0.25, 0.3) is 0 Å². The van der Waals surface area contributed by atoms with Crippen molar-refractivity contribution in [2.75, 3.05) is 26.7 Å². The van der Waals surface area contributed by atoms with Gasteiger partial charge in [-0.25, -0.2) is 0 Å². The van der Waals surface area contributed by atoms with Gasteiger partial charge in [-0.2, -0.15) is 0 Å². The molecular formula is C30H34N2O2. The van der Waals surface area contributed by atoms with Crippen LogP contribution in [-0.2, 0) is 27.8 Å². The predicted octanol–water partition coefficient (Wildman–Crippen LogP) is 4.88. The lowest BCUT2D eigenvalue weighted by Crippen LogP contribution is -2.53. The minimum absolute atomic E-state index is 0.158. The van der Waals surface area contributed by atoms with Crippen LogP contribution >= 0.6 is 0 Å². The Morgan fingerprint density at radius 3 is 1.82 bits per heavy atom. The summed E-state index contributed by atoms with van der Waals surface area (Å²) in [5, 5.41) is 0. The van der Waals surface area contributed by atoms with E-state index in [-0.39, 0.29) is 11.8 Å². The summed E-state index contributed by atoms with van der Waals surface area (Å²) in [6, 6.07) is 30.6. The van der Waals surface area contributed by atoms with Gasteiger partial charge < -0.3 is 9.80 Å². The van der Waals surface area contributed by atoms with Crippen LogP contribution in [0.3, 0.4) is 0 Å². The van der Waals surface area contributed by atoms with E-state index in [0.717, 1.165) is 18.4 Å². The number of hydrogen-bond acceptors (Lipinski definition) is 2. The highest BCUT2D eigenvalue weighted by atomic mass is 16.2. The van der Waals surface area contributed by atoms with Crippen LogP contribution in [0.2, 0.25) is 0 Å². The Labute approximate surface area is 203 Å². The molecule has 0 N–H and O–H groups in total. The van der Waals surface area contributed by atoms with Gasteiger partial charge >= 0.3 is 0 Å². The first-order valence-corrected chi connectivity index (χ1v) is 12.3. The van der Waals surface area contributed by atoms with Crippen molar-refractivity contribution in [2.45, 2.75) is 37.5 Å². The molecule has 0 spiro atoms. The molecule has 0 saturated carbocycles. The fourth-order valence-corrected chi connectivity index (χ4v) is 4.98. The molecule has 34 heavy (non-hydrogen) atoms. The molecule has 0 bridgehead atoms. The molecule has 176 valence electrons. The third-order valence-corrected chi connectivity index (χ3v) is 7.10. The number of rotatable bonds is 8. The molecule has 0 unspecified atom stereocenters. The Bertz CT molecular complexity index is 1060. The molecule has 1 aliphatic rings. The minimum atomic E-state index is -0.580. The largest absolute Gasteiger partial charge is 0.345 e. The Balaban J connectivity index is 1.42. The molecule has 3 aromatic rings. The van der Waals surface area contributed by atoms with Crippen molar-refractivity contribution in [3.63, 3.8) is 0 Å². The summed E-state index contributed by atoms with van der Waals surface area (Å²) in [4.78, 5) is 30.6. The van der Waals surface area contributed by atoms with Crippen molar-refractivity contribution >= 4 is 11.8 Å². The van der Waals surface area contributed by atoms with Crippen molar-refractivity contribution in [3.05, 3.63) is 108 Å². The average molecular weight is 455 g/mol. The molecule has 0 atom stereocenters. The quantitative estimate of drug-likeness (QED) is 0.487. The van der Waals surface area contributed by atoms with Gasteiger partial charge in [-0.15, -0.1) is 0 Å². The number of amides is 2. The van der Waals surface area contributed by atoms with Gasteiger partial charge in [0, 0.05) is 33.1 Å². The minimum Gasteiger partial charge on any atom is -0.345 e. The molecule has 0 aromatic heterocycles. The molecule has 4 heteroatoms. The molecule has 1 fully saturated rings. The number of likely N-dealkylation sites (N-methyl/N-ethyl adjacent to an activating group) is 1. The van der Waals surface area contributed by atoms with Gasteiger partial charge in [0.05, 0.1) is 5.41 Å². The van der Waals surface area contributed by atoms with Crippen molar-refractivity contribution in [1.82, 2.24) is 9.80 Å². The Morgan fingerprint density at radius 2 is 1.26 bits per heavy atom. The summed E-state index contributed by atoms with van der Waals surface area (Å²) >= 11 is 0. The fourth-order valence-electron chi connectivity index (χ4n) is 4.98. The molecule has 4 nitrogen and oxygen atoms in total. The van der Waals surface area contributed by atoms with E-state index in [1.807, 2.05) is 71.4 Å². The van der Waals surface area contributed by atoms with Crippen LogP contribution in [0.4, 0.5) is 0 Å². The van der Waals surface area contributed by atoms with Crippen LogP contribution in [0, 0.1) is 0 Å². The first-order chi connectivity index (χ1) is 16.6. The van der Waals surface area contributed by atoms with Gasteiger partial charge in [-0.05, 0) is 42.4 Å². The molecule has 4 rings (SSSR count). The highest BCUT2D eigenvalue weighted by molar-refractivity contribution is 5.89. The maximum absolute atomic E-state index is 13.9. The number of nitrogens with zero attached hydrogens (tertiary/aromatic N) is 2. The van der Waals surface area contributed by atoms with Gasteiger partial charge in [-0.1, -0.05) is 91.0 Å². The molecule has 3 aromatic carbocycles. The van der Waals surface area contributed by atoms with Crippen molar-refractivity contribution in [2.24, 2.45) is 0 Å². The Kier molecular flexibility index (Phi) is 7.79. The third kappa shape index (κ3) is 5.56. The monoisotopic (exact) mass is 454 g/mol. The number of hydrogen-bond donors (Lipinski definition) is 0. The smallest absolute Gasteiger partial charge is 0.233 e. The molecule has 0 aliphatic carbocycles. The zero-order valence-corrected chi connectivity index (χ0v) is 20.0.